The highest BCUT2D eigenvalue weighted by Gasteiger charge is 2.23. The number of piperidine rings is 1. The molecule has 1 saturated heterocycles. The van der Waals surface area contributed by atoms with Crippen LogP contribution in [0.2, 0.25) is 0 Å². The monoisotopic (exact) mass is 562 g/mol. The number of carbonyl (C=O) groups is 2. The molecule has 0 bridgehead atoms. The molecule has 2 amide bonds. The molecule has 0 radical (unpaired) electrons. The fraction of sp³-hybridized carbons (Fsp3) is 0.467. The van der Waals surface area contributed by atoms with Crippen molar-refractivity contribution >= 4 is 17.6 Å². The van der Waals surface area contributed by atoms with Crippen LogP contribution in [0.25, 0.3) is 0 Å². The maximum Gasteiger partial charge on any atom is 0.251 e. The molecular formula is C30H38N6O5. The first kappa shape index (κ1) is 28.6. The van der Waals surface area contributed by atoms with E-state index in [4.69, 9.17) is 9.15 Å². The summed E-state index contributed by atoms with van der Waals surface area (Å²) in [5, 5.41) is 16.9. The number of ether oxygens (including phenoxy) is 1. The Balaban J connectivity index is 1.07. The van der Waals surface area contributed by atoms with E-state index in [1.165, 1.54) is 17.5 Å². The van der Waals surface area contributed by atoms with Crippen molar-refractivity contribution in [2.45, 2.75) is 58.4 Å². The van der Waals surface area contributed by atoms with Gasteiger partial charge in [0.25, 0.3) is 5.91 Å². The SMILES string of the molecule is CC(=O)N1CCC(Nc2cc(C(=O)NC[C@H](O)CN3CCc4c(ccc(OCc5cnco5)c4C)C3)ccn2)CC1. The second kappa shape index (κ2) is 13.1. The summed E-state index contributed by atoms with van der Waals surface area (Å²) in [4.78, 5) is 36.7. The van der Waals surface area contributed by atoms with Gasteiger partial charge in [-0.2, -0.15) is 0 Å². The molecule has 11 heteroatoms. The van der Waals surface area contributed by atoms with Crippen LogP contribution in [0.4, 0.5) is 5.82 Å². The standard InChI is InChI=1S/C30H38N6O5/c1-20-27-8-10-35(16-23(27)3-4-28(20)40-18-26-15-31-19-41-26)17-25(38)14-33-30(39)22-5-9-32-29(13-22)34-24-6-11-36(12-7-24)21(2)37/h3-5,9,13,15,19,24-25,38H,6-8,10-12,14,16-18H2,1-2H3,(H,32,34)(H,33,39)/t25-/m0/s1. The van der Waals surface area contributed by atoms with Gasteiger partial charge in [0.05, 0.1) is 12.3 Å². The Morgan fingerprint density at radius 2 is 2.05 bits per heavy atom. The zero-order valence-electron chi connectivity index (χ0n) is 23.6. The third-order valence-corrected chi connectivity index (χ3v) is 7.85. The van der Waals surface area contributed by atoms with E-state index < -0.39 is 6.10 Å². The molecule has 4 heterocycles. The van der Waals surface area contributed by atoms with Gasteiger partial charge in [-0.25, -0.2) is 9.97 Å². The topological polar surface area (TPSA) is 133 Å². The number of aliphatic hydroxyl groups excluding tert-OH is 1. The van der Waals surface area contributed by atoms with E-state index >= 15 is 0 Å². The molecule has 3 N–H and O–H groups in total. The summed E-state index contributed by atoms with van der Waals surface area (Å²) in [6, 6.07) is 7.66. The first-order valence-electron chi connectivity index (χ1n) is 14.1. The molecule has 3 aromatic rings. The zero-order chi connectivity index (χ0) is 28.8. The molecule has 2 aromatic heterocycles. The molecule has 41 heavy (non-hydrogen) atoms. The number of fused-ring (bicyclic) bond motifs is 1. The van der Waals surface area contributed by atoms with Crippen molar-refractivity contribution in [3.05, 3.63) is 71.1 Å². The lowest BCUT2D eigenvalue weighted by atomic mass is 9.94. The minimum atomic E-state index is -0.697. The van der Waals surface area contributed by atoms with Crippen molar-refractivity contribution in [1.29, 1.82) is 0 Å². The number of nitrogens with one attached hydrogen (secondary N) is 2. The minimum Gasteiger partial charge on any atom is -0.485 e. The third-order valence-electron chi connectivity index (χ3n) is 7.85. The lowest BCUT2D eigenvalue weighted by Gasteiger charge is -2.32. The Labute approximate surface area is 239 Å². The number of aromatic nitrogens is 2. The second-order valence-corrected chi connectivity index (χ2v) is 10.8. The average Bonchev–Trinajstić information content (AvgIpc) is 3.50. The highest BCUT2D eigenvalue weighted by atomic mass is 16.5. The largest absolute Gasteiger partial charge is 0.485 e. The number of benzene rings is 1. The van der Waals surface area contributed by atoms with Crippen LogP contribution in [0.15, 0.2) is 47.5 Å². The molecular weight excluding hydrogens is 524 g/mol. The number of carbonyl (C=O) groups excluding carboxylic acids is 2. The Morgan fingerprint density at radius 1 is 1.22 bits per heavy atom. The Bertz CT molecular complexity index is 1340. The van der Waals surface area contributed by atoms with E-state index in [-0.39, 0.29) is 24.4 Å². The van der Waals surface area contributed by atoms with Crippen LogP contribution in [0.5, 0.6) is 5.75 Å². The number of hydrogen-bond donors (Lipinski definition) is 3. The first-order chi connectivity index (χ1) is 19.9. The van der Waals surface area contributed by atoms with Crippen molar-refractivity contribution in [3.8, 4) is 5.75 Å². The molecule has 218 valence electrons. The summed E-state index contributed by atoms with van der Waals surface area (Å²) in [5.74, 6) is 2.00. The van der Waals surface area contributed by atoms with Gasteiger partial charge in [0.2, 0.25) is 5.91 Å². The number of oxazole rings is 1. The summed E-state index contributed by atoms with van der Waals surface area (Å²) in [7, 11) is 0. The van der Waals surface area contributed by atoms with Gasteiger partial charge < -0.3 is 29.8 Å². The molecule has 2 aliphatic rings. The van der Waals surface area contributed by atoms with Gasteiger partial charge in [0.1, 0.15) is 18.2 Å². The van der Waals surface area contributed by atoms with Crippen molar-refractivity contribution in [2.75, 3.05) is 38.0 Å². The predicted octanol–water partition coefficient (Wildman–Crippen LogP) is 2.53. The van der Waals surface area contributed by atoms with Gasteiger partial charge in [-0.05, 0) is 61.1 Å². The van der Waals surface area contributed by atoms with E-state index in [1.807, 2.05) is 11.0 Å². The number of pyridine rings is 1. The van der Waals surface area contributed by atoms with Gasteiger partial charge >= 0.3 is 0 Å². The third kappa shape index (κ3) is 7.42. The van der Waals surface area contributed by atoms with Crippen molar-refractivity contribution < 1.29 is 23.8 Å². The molecule has 1 aromatic carbocycles. The number of hydrogen-bond acceptors (Lipinski definition) is 9. The van der Waals surface area contributed by atoms with E-state index in [1.54, 1.807) is 31.5 Å². The van der Waals surface area contributed by atoms with Gasteiger partial charge in [-0.1, -0.05) is 6.07 Å². The Morgan fingerprint density at radius 3 is 2.80 bits per heavy atom. The molecule has 1 atom stereocenters. The van der Waals surface area contributed by atoms with Gasteiger partial charge in [0, 0.05) is 64.0 Å². The minimum absolute atomic E-state index is 0.0995. The summed E-state index contributed by atoms with van der Waals surface area (Å²) < 4.78 is 11.2. The van der Waals surface area contributed by atoms with E-state index in [0.717, 1.165) is 43.7 Å². The molecule has 11 nitrogen and oxygen atoms in total. The highest BCUT2D eigenvalue weighted by molar-refractivity contribution is 5.94. The number of anilines is 1. The number of rotatable bonds is 10. The van der Waals surface area contributed by atoms with Crippen LogP contribution in [-0.2, 0) is 24.4 Å². The maximum absolute atomic E-state index is 12.8. The van der Waals surface area contributed by atoms with Gasteiger partial charge in [0.15, 0.2) is 12.2 Å². The van der Waals surface area contributed by atoms with Gasteiger partial charge in [-0.3, -0.25) is 14.5 Å². The second-order valence-electron chi connectivity index (χ2n) is 10.8. The summed E-state index contributed by atoms with van der Waals surface area (Å²) in [6.07, 6.45) is 6.48. The fourth-order valence-electron chi connectivity index (χ4n) is 5.53. The predicted molar refractivity (Wildman–Crippen MR) is 152 cm³/mol. The van der Waals surface area contributed by atoms with Crippen molar-refractivity contribution in [2.24, 2.45) is 0 Å². The lowest BCUT2D eigenvalue weighted by Crippen LogP contribution is -2.42. The zero-order valence-corrected chi connectivity index (χ0v) is 23.6. The highest BCUT2D eigenvalue weighted by Crippen LogP contribution is 2.30. The molecule has 0 spiro atoms. The van der Waals surface area contributed by atoms with Crippen LogP contribution >= 0.6 is 0 Å². The Kier molecular flexibility index (Phi) is 9.15. The molecule has 0 aliphatic carbocycles. The summed E-state index contributed by atoms with van der Waals surface area (Å²) in [6.45, 7) is 7.60. The smallest absolute Gasteiger partial charge is 0.251 e. The first-order valence-corrected chi connectivity index (χ1v) is 14.1. The summed E-state index contributed by atoms with van der Waals surface area (Å²) in [5.41, 5.74) is 4.12. The van der Waals surface area contributed by atoms with Gasteiger partial charge in [-0.15, -0.1) is 0 Å². The fourth-order valence-corrected chi connectivity index (χ4v) is 5.53. The average molecular weight is 563 g/mol. The maximum atomic E-state index is 12.8. The van der Waals surface area contributed by atoms with Crippen molar-refractivity contribution in [1.82, 2.24) is 25.1 Å². The molecule has 2 aliphatic heterocycles. The van der Waals surface area contributed by atoms with Crippen LogP contribution < -0.4 is 15.4 Å². The molecule has 5 rings (SSSR count). The summed E-state index contributed by atoms with van der Waals surface area (Å²) >= 11 is 0. The molecule has 0 unspecified atom stereocenters. The number of β-amino-alcohol motifs (C(OH)–C–C–N with tert-alkyl or cyclic N) is 1. The van der Waals surface area contributed by atoms with E-state index in [9.17, 15) is 14.7 Å². The van der Waals surface area contributed by atoms with Crippen molar-refractivity contribution in [3.63, 3.8) is 0 Å². The number of amides is 2. The van der Waals surface area contributed by atoms with Crippen LogP contribution in [-0.4, -0.2) is 81.6 Å². The molecule has 1 fully saturated rings. The van der Waals surface area contributed by atoms with Crippen LogP contribution in [0.1, 0.15) is 52.6 Å². The lowest BCUT2D eigenvalue weighted by molar-refractivity contribution is -0.129. The van der Waals surface area contributed by atoms with E-state index in [2.05, 4.69) is 38.5 Å². The normalized spacial score (nSPS) is 16.6. The van der Waals surface area contributed by atoms with E-state index in [0.29, 0.717) is 43.4 Å². The molecule has 0 saturated carbocycles. The number of nitrogens with zero attached hydrogens (tertiary/aromatic N) is 4. The number of aliphatic hydroxyl groups is 1. The number of likely N-dealkylation sites (tertiary alicyclic amines) is 1. The van der Waals surface area contributed by atoms with Crippen LogP contribution in [0, 0.1) is 6.92 Å². The van der Waals surface area contributed by atoms with Crippen LogP contribution in [0.3, 0.4) is 0 Å². The Hall–Kier alpha value is -3.96. The quantitative estimate of drug-likeness (QED) is 0.341.